The molecule has 0 spiro atoms. The van der Waals surface area contributed by atoms with Crippen LogP contribution in [0.4, 0.5) is 0 Å². The van der Waals surface area contributed by atoms with E-state index in [0.29, 0.717) is 12.5 Å². The van der Waals surface area contributed by atoms with Crippen LogP contribution in [-0.2, 0) is 20.9 Å². The van der Waals surface area contributed by atoms with Gasteiger partial charge in [0, 0.05) is 39.1 Å². The molecule has 1 aliphatic heterocycles. The second kappa shape index (κ2) is 12.9. The van der Waals surface area contributed by atoms with Crippen molar-refractivity contribution < 1.29 is 29.3 Å². The molecule has 2 N–H and O–H groups in total. The van der Waals surface area contributed by atoms with Crippen LogP contribution in [-0.4, -0.2) is 70.6 Å². The highest BCUT2D eigenvalue weighted by Gasteiger charge is 2.22. The summed E-state index contributed by atoms with van der Waals surface area (Å²) in [4.78, 5) is 35.1. The summed E-state index contributed by atoms with van der Waals surface area (Å²) in [6.07, 6.45) is 7.26. The zero-order valence-electron chi connectivity index (χ0n) is 18.3. The van der Waals surface area contributed by atoms with E-state index in [0.717, 1.165) is 57.2 Å². The van der Waals surface area contributed by atoms with Crippen LogP contribution in [0.15, 0.2) is 24.3 Å². The number of carbonyl (C=O) groups excluding carboxylic acids is 1. The SMILES string of the molecule is CCOc1ccc(CN2CCN(C(=O)CCC3CCCC3)CC2)cc1.O=C(O)C(=O)O. The average Bonchev–Trinajstić information content (AvgIpc) is 3.28. The first-order valence-corrected chi connectivity index (χ1v) is 11.1. The lowest BCUT2D eigenvalue weighted by Gasteiger charge is -2.35. The third-order valence-electron chi connectivity index (χ3n) is 5.79. The van der Waals surface area contributed by atoms with E-state index in [1.54, 1.807) is 0 Å². The fourth-order valence-corrected chi connectivity index (χ4v) is 4.06. The smallest absolute Gasteiger partial charge is 0.414 e. The van der Waals surface area contributed by atoms with Crippen LogP contribution < -0.4 is 4.74 Å². The number of nitrogens with zero attached hydrogens (tertiary/aromatic N) is 2. The Bertz CT molecular complexity index is 695. The standard InChI is InChI=1S/C21H32N2O2.C2H2O4/c1-2-25-20-10-7-19(8-11-20)17-22-13-15-23(16-14-22)21(24)12-9-18-5-3-4-6-18;3-1(4)2(5)6/h7-8,10-11,18H,2-6,9,12-17H2,1H3;(H,3,4)(H,5,6). The van der Waals surface area contributed by atoms with Gasteiger partial charge in [-0.2, -0.15) is 0 Å². The lowest BCUT2D eigenvalue weighted by molar-refractivity contribution is -0.159. The van der Waals surface area contributed by atoms with Crippen LogP contribution in [0.25, 0.3) is 0 Å². The maximum absolute atomic E-state index is 12.4. The van der Waals surface area contributed by atoms with Crippen molar-refractivity contribution in [3.05, 3.63) is 29.8 Å². The minimum atomic E-state index is -1.82. The van der Waals surface area contributed by atoms with Gasteiger partial charge in [0.25, 0.3) is 0 Å². The Morgan fingerprint density at radius 1 is 0.968 bits per heavy atom. The van der Waals surface area contributed by atoms with Crippen LogP contribution in [0.3, 0.4) is 0 Å². The molecule has 0 atom stereocenters. The number of benzene rings is 1. The topological polar surface area (TPSA) is 107 Å². The molecular weight excluding hydrogens is 400 g/mol. The molecule has 1 aliphatic carbocycles. The molecule has 0 bridgehead atoms. The van der Waals surface area contributed by atoms with Gasteiger partial charge in [0.15, 0.2) is 0 Å². The molecule has 1 aromatic rings. The number of carbonyl (C=O) groups is 3. The summed E-state index contributed by atoms with van der Waals surface area (Å²) in [7, 11) is 0. The van der Waals surface area contributed by atoms with Crippen molar-refractivity contribution >= 4 is 17.8 Å². The monoisotopic (exact) mass is 434 g/mol. The summed E-state index contributed by atoms with van der Waals surface area (Å²) in [5.41, 5.74) is 1.31. The summed E-state index contributed by atoms with van der Waals surface area (Å²) >= 11 is 0. The van der Waals surface area contributed by atoms with Gasteiger partial charge in [-0.3, -0.25) is 9.69 Å². The summed E-state index contributed by atoms with van der Waals surface area (Å²) < 4.78 is 5.49. The Kier molecular flexibility index (Phi) is 10.3. The molecule has 1 heterocycles. The Morgan fingerprint density at radius 2 is 1.55 bits per heavy atom. The number of amides is 1. The highest BCUT2D eigenvalue weighted by atomic mass is 16.5. The van der Waals surface area contributed by atoms with Gasteiger partial charge in [-0.15, -0.1) is 0 Å². The molecule has 2 fully saturated rings. The minimum absolute atomic E-state index is 0.368. The Balaban J connectivity index is 0.000000501. The molecule has 1 aromatic carbocycles. The predicted octanol–water partition coefficient (Wildman–Crippen LogP) is 2.86. The second-order valence-electron chi connectivity index (χ2n) is 8.03. The van der Waals surface area contributed by atoms with Crippen molar-refractivity contribution in [2.45, 2.75) is 52.0 Å². The van der Waals surface area contributed by atoms with Crippen LogP contribution in [0.2, 0.25) is 0 Å². The van der Waals surface area contributed by atoms with Crippen LogP contribution in [0, 0.1) is 5.92 Å². The summed E-state index contributed by atoms with van der Waals surface area (Å²) in [5.74, 6) is -1.54. The molecule has 0 radical (unpaired) electrons. The summed E-state index contributed by atoms with van der Waals surface area (Å²) in [6, 6.07) is 8.37. The van der Waals surface area contributed by atoms with Gasteiger partial charge in [-0.1, -0.05) is 37.8 Å². The first-order chi connectivity index (χ1) is 14.9. The number of aliphatic carboxylic acids is 2. The molecule has 0 aromatic heterocycles. The molecule has 3 rings (SSSR count). The van der Waals surface area contributed by atoms with E-state index in [4.69, 9.17) is 24.5 Å². The predicted molar refractivity (Wildman–Crippen MR) is 116 cm³/mol. The van der Waals surface area contributed by atoms with Gasteiger partial charge in [0.05, 0.1) is 6.61 Å². The van der Waals surface area contributed by atoms with Crippen molar-refractivity contribution in [1.82, 2.24) is 9.80 Å². The van der Waals surface area contributed by atoms with E-state index in [1.807, 2.05) is 19.1 Å². The first kappa shape index (κ1) is 24.7. The highest BCUT2D eigenvalue weighted by molar-refractivity contribution is 6.27. The number of piperazine rings is 1. The summed E-state index contributed by atoms with van der Waals surface area (Å²) in [5, 5.41) is 14.8. The molecule has 1 amide bonds. The number of carboxylic acid groups (broad SMARTS) is 2. The second-order valence-corrected chi connectivity index (χ2v) is 8.03. The fraction of sp³-hybridized carbons (Fsp3) is 0.609. The van der Waals surface area contributed by atoms with Crippen molar-refractivity contribution in [3.8, 4) is 5.75 Å². The van der Waals surface area contributed by atoms with Crippen molar-refractivity contribution in [1.29, 1.82) is 0 Å². The van der Waals surface area contributed by atoms with Crippen LogP contribution in [0.5, 0.6) is 5.75 Å². The van der Waals surface area contributed by atoms with E-state index in [2.05, 4.69) is 21.9 Å². The van der Waals surface area contributed by atoms with E-state index in [9.17, 15) is 4.79 Å². The molecule has 172 valence electrons. The first-order valence-electron chi connectivity index (χ1n) is 11.1. The van der Waals surface area contributed by atoms with Gasteiger partial charge in [-0.25, -0.2) is 9.59 Å². The van der Waals surface area contributed by atoms with E-state index in [1.165, 1.54) is 31.2 Å². The number of hydrogen-bond donors (Lipinski definition) is 2. The lowest BCUT2D eigenvalue weighted by Crippen LogP contribution is -2.48. The van der Waals surface area contributed by atoms with E-state index in [-0.39, 0.29) is 0 Å². The van der Waals surface area contributed by atoms with E-state index >= 15 is 0 Å². The number of ether oxygens (including phenoxy) is 1. The van der Waals surface area contributed by atoms with E-state index < -0.39 is 11.9 Å². The molecule has 8 nitrogen and oxygen atoms in total. The third-order valence-corrected chi connectivity index (χ3v) is 5.79. The Hall–Kier alpha value is -2.61. The largest absolute Gasteiger partial charge is 0.494 e. The molecule has 2 aliphatic rings. The quantitative estimate of drug-likeness (QED) is 0.636. The lowest BCUT2D eigenvalue weighted by atomic mass is 10.0. The fourth-order valence-electron chi connectivity index (χ4n) is 4.06. The van der Waals surface area contributed by atoms with Crippen molar-refractivity contribution in [2.24, 2.45) is 5.92 Å². The molecular formula is C23H34N2O6. The molecule has 1 saturated heterocycles. The molecule has 1 saturated carbocycles. The normalized spacial score (nSPS) is 17.0. The number of hydrogen-bond acceptors (Lipinski definition) is 5. The number of rotatable bonds is 7. The Morgan fingerprint density at radius 3 is 2.06 bits per heavy atom. The average molecular weight is 435 g/mol. The number of carboxylic acids is 2. The van der Waals surface area contributed by atoms with Crippen LogP contribution >= 0.6 is 0 Å². The minimum Gasteiger partial charge on any atom is -0.494 e. The zero-order valence-corrected chi connectivity index (χ0v) is 18.3. The van der Waals surface area contributed by atoms with Gasteiger partial charge in [0.2, 0.25) is 5.91 Å². The van der Waals surface area contributed by atoms with Gasteiger partial charge in [0.1, 0.15) is 5.75 Å². The molecule has 8 heteroatoms. The molecule has 31 heavy (non-hydrogen) atoms. The Labute approximate surface area is 183 Å². The maximum Gasteiger partial charge on any atom is 0.414 e. The summed E-state index contributed by atoms with van der Waals surface area (Å²) in [6.45, 7) is 7.36. The highest BCUT2D eigenvalue weighted by Crippen LogP contribution is 2.28. The van der Waals surface area contributed by atoms with Gasteiger partial charge >= 0.3 is 11.9 Å². The maximum atomic E-state index is 12.4. The van der Waals surface area contributed by atoms with Gasteiger partial charge < -0.3 is 19.8 Å². The zero-order chi connectivity index (χ0) is 22.6. The molecule has 0 unspecified atom stereocenters. The third kappa shape index (κ3) is 8.96. The van der Waals surface area contributed by atoms with Crippen molar-refractivity contribution in [2.75, 3.05) is 32.8 Å². The van der Waals surface area contributed by atoms with Gasteiger partial charge in [-0.05, 0) is 37.0 Å². The van der Waals surface area contributed by atoms with Crippen molar-refractivity contribution in [3.63, 3.8) is 0 Å². The van der Waals surface area contributed by atoms with Crippen LogP contribution in [0.1, 0.15) is 51.0 Å².